The molecule has 2 aromatic heterocycles. The fourth-order valence-electron chi connectivity index (χ4n) is 6.35. The van der Waals surface area contributed by atoms with Crippen molar-refractivity contribution in [2.24, 2.45) is 5.41 Å². The van der Waals surface area contributed by atoms with Crippen LogP contribution in [0.15, 0.2) is 47.2 Å². The quantitative estimate of drug-likeness (QED) is 0.470. The van der Waals surface area contributed by atoms with E-state index in [1.807, 2.05) is 6.07 Å². The molecule has 196 valence electrons. The first-order chi connectivity index (χ1) is 17.8. The molecule has 7 nitrogen and oxygen atoms in total. The minimum Gasteiger partial charge on any atom is -0.393 e. The Balaban J connectivity index is 1.34. The Bertz CT molecular complexity index is 1240. The number of aliphatic hydroxyl groups excluding tert-OH is 1. The molecule has 1 saturated heterocycles. The third kappa shape index (κ3) is 4.41. The van der Waals surface area contributed by atoms with E-state index in [1.165, 1.54) is 18.4 Å². The topological polar surface area (TPSA) is 95.5 Å². The smallest absolute Gasteiger partial charge is 0.230 e. The lowest BCUT2D eigenvalue weighted by atomic mass is 9.61. The van der Waals surface area contributed by atoms with Gasteiger partial charge in [-0.2, -0.15) is 4.98 Å². The van der Waals surface area contributed by atoms with Crippen molar-refractivity contribution in [3.63, 3.8) is 0 Å². The van der Waals surface area contributed by atoms with Gasteiger partial charge in [-0.25, -0.2) is 0 Å². The van der Waals surface area contributed by atoms with Crippen molar-refractivity contribution in [1.82, 2.24) is 20.0 Å². The number of benzene rings is 1. The Labute approximate surface area is 218 Å². The van der Waals surface area contributed by atoms with Gasteiger partial charge in [0.2, 0.25) is 11.7 Å². The lowest BCUT2D eigenvalue weighted by Gasteiger charge is -2.57. The lowest BCUT2D eigenvalue weighted by Crippen LogP contribution is -2.65. The normalized spacial score (nSPS) is 25.6. The van der Waals surface area contributed by atoms with Crippen molar-refractivity contribution in [1.29, 1.82) is 0 Å². The molecular weight excluding hydrogens is 464 g/mol. The van der Waals surface area contributed by atoms with Crippen molar-refractivity contribution in [2.75, 3.05) is 13.1 Å². The molecule has 1 aromatic carbocycles. The summed E-state index contributed by atoms with van der Waals surface area (Å²) in [5, 5.41) is 26.7. The van der Waals surface area contributed by atoms with E-state index >= 15 is 0 Å². The fourth-order valence-corrected chi connectivity index (χ4v) is 6.35. The molecule has 2 saturated carbocycles. The number of likely N-dealkylation sites (tertiary alicyclic amines) is 1. The first-order valence-corrected chi connectivity index (χ1v) is 13.8. The maximum atomic E-state index is 12.6. The molecule has 1 aliphatic heterocycles. The van der Waals surface area contributed by atoms with Crippen LogP contribution in [0.2, 0.25) is 0 Å². The third-order valence-electron chi connectivity index (χ3n) is 8.94. The number of aromatic nitrogens is 3. The lowest BCUT2D eigenvalue weighted by molar-refractivity contribution is -0.138. The van der Waals surface area contributed by atoms with Gasteiger partial charge in [0.1, 0.15) is 5.60 Å². The first-order valence-electron chi connectivity index (χ1n) is 13.8. The van der Waals surface area contributed by atoms with Gasteiger partial charge >= 0.3 is 0 Å². The molecule has 3 heterocycles. The average Bonchev–Trinajstić information content (AvgIpc) is 3.62. The SMILES string of the molecule is CC(C)c1ccc(C(O)(c2cncc(-c3noc(C4CCC(O)CC4)n3)c2)C2(C)CN(C3CC3)C2)cc1. The Hall–Kier alpha value is -2.61. The zero-order chi connectivity index (χ0) is 25.8. The second-order valence-electron chi connectivity index (χ2n) is 12.1. The van der Waals surface area contributed by atoms with Gasteiger partial charge < -0.3 is 14.7 Å². The van der Waals surface area contributed by atoms with Crippen LogP contribution in [0, 0.1) is 5.41 Å². The van der Waals surface area contributed by atoms with E-state index in [2.05, 4.69) is 60.1 Å². The molecule has 1 atom stereocenters. The van der Waals surface area contributed by atoms with Crippen molar-refractivity contribution < 1.29 is 14.7 Å². The highest BCUT2D eigenvalue weighted by Crippen LogP contribution is 2.53. The van der Waals surface area contributed by atoms with Crippen LogP contribution < -0.4 is 0 Å². The Morgan fingerprint density at radius 1 is 1.00 bits per heavy atom. The highest BCUT2D eigenvalue weighted by molar-refractivity contribution is 5.56. The molecule has 2 aliphatic carbocycles. The second-order valence-corrected chi connectivity index (χ2v) is 12.1. The molecule has 0 bridgehead atoms. The van der Waals surface area contributed by atoms with Crippen LogP contribution in [0.3, 0.4) is 0 Å². The van der Waals surface area contributed by atoms with Crippen molar-refractivity contribution in [3.8, 4) is 11.4 Å². The molecule has 3 aliphatic rings. The Kier molecular flexibility index (Phi) is 6.21. The first kappa shape index (κ1) is 24.7. The molecule has 1 unspecified atom stereocenters. The van der Waals surface area contributed by atoms with E-state index in [-0.39, 0.29) is 17.4 Å². The predicted octanol–water partition coefficient (Wildman–Crippen LogP) is 4.99. The van der Waals surface area contributed by atoms with Crippen LogP contribution in [-0.4, -0.2) is 55.5 Å². The molecule has 0 amide bonds. The van der Waals surface area contributed by atoms with E-state index in [9.17, 15) is 10.2 Å². The summed E-state index contributed by atoms with van der Waals surface area (Å²) in [6.07, 6.45) is 9.04. The van der Waals surface area contributed by atoms with Crippen LogP contribution >= 0.6 is 0 Å². The van der Waals surface area contributed by atoms with Gasteiger partial charge in [0.25, 0.3) is 0 Å². The largest absolute Gasteiger partial charge is 0.393 e. The van der Waals surface area contributed by atoms with E-state index in [1.54, 1.807) is 12.4 Å². The molecule has 2 N–H and O–H groups in total. The molecule has 6 rings (SSSR count). The highest BCUT2D eigenvalue weighted by atomic mass is 16.5. The summed E-state index contributed by atoms with van der Waals surface area (Å²) in [6.45, 7) is 8.27. The summed E-state index contributed by atoms with van der Waals surface area (Å²) in [4.78, 5) is 11.7. The third-order valence-corrected chi connectivity index (χ3v) is 8.94. The van der Waals surface area contributed by atoms with Crippen LogP contribution in [0.25, 0.3) is 11.4 Å². The molecule has 37 heavy (non-hydrogen) atoms. The van der Waals surface area contributed by atoms with E-state index in [0.29, 0.717) is 23.7 Å². The standard InChI is InChI=1S/C30H38N4O3/c1-19(2)20-4-8-23(9-5-20)30(36,29(3)17-34(18-29)25-10-11-25)24-14-22(15-31-16-24)27-32-28(37-33-27)21-6-12-26(35)13-7-21/h4-5,8-9,14-16,19,21,25-26,35-36H,6-7,10-13,17-18H2,1-3H3. The number of hydrogen-bond donors (Lipinski definition) is 2. The van der Waals surface area contributed by atoms with Gasteiger partial charge in [0, 0.05) is 54.0 Å². The summed E-state index contributed by atoms with van der Waals surface area (Å²) in [5.74, 6) is 1.72. The Morgan fingerprint density at radius 2 is 1.70 bits per heavy atom. The molecule has 7 heteroatoms. The monoisotopic (exact) mass is 502 g/mol. The van der Waals surface area contributed by atoms with Gasteiger partial charge in [-0.15, -0.1) is 0 Å². The fraction of sp³-hybridized carbons (Fsp3) is 0.567. The molecule has 3 fully saturated rings. The second kappa shape index (κ2) is 9.29. The zero-order valence-electron chi connectivity index (χ0n) is 22.1. The van der Waals surface area contributed by atoms with Crippen LogP contribution in [0.4, 0.5) is 0 Å². The number of hydrogen-bond acceptors (Lipinski definition) is 7. The zero-order valence-corrected chi connectivity index (χ0v) is 22.1. The Morgan fingerprint density at radius 3 is 2.35 bits per heavy atom. The van der Waals surface area contributed by atoms with Gasteiger partial charge in [-0.3, -0.25) is 9.88 Å². The van der Waals surface area contributed by atoms with Gasteiger partial charge in [-0.1, -0.05) is 50.2 Å². The number of nitrogens with zero attached hydrogens (tertiary/aromatic N) is 4. The molecule has 0 spiro atoms. The summed E-state index contributed by atoms with van der Waals surface area (Å²) < 4.78 is 5.65. The minimum absolute atomic E-state index is 0.180. The van der Waals surface area contributed by atoms with Gasteiger partial charge in [-0.05, 0) is 61.6 Å². The van der Waals surface area contributed by atoms with Crippen molar-refractivity contribution in [3.05, 3.63) is 65.3 Å². The number of rotatable bonds is 7. The maximum absolute atomic E-state index is 12.6. The van der Waals surface area contributed by atoms with Crippen LogP contribution in [0.1, 0.15) is 93.7 Å². The summed E-state index contributed by atoms with van der Waals surface area (Å²) in [6, 6.07) is 11.1. The van der Waals surface area contributed by atoms with Crippen molar-refractivity contribution >= 4 is 0 Å². The van der Waals surface area contributed by atoms with Crippen molar-refractivity contribution in [2.45, 2.75) is 88.9 Å². The van der Waals surface area contributed by atoms with Gasteiger partial charge in [0.15, 0.2) is 0 Å². The highest BCUT2D eigenvalue weighted by Gasteiger charge is 2.58. The summed E-state index contributed by atoms with van der Waals surface area (Å²) >= 11 is 0. The predicted molar refractivity (Wildman–Crippen MR) is 141 cm³/mol. The molecular formula is C30H38N4O3. The van der Waals surface area contributed by atoms with Gasteiger partial charge in [0.05, 0.1) is 6.10 Å². The van der Waals surface area contributed by atoms with E-state index in [0.717, 1.165) is 55.5 Å². The van der Waals surface area contributed by atoms with Crippen LogP contribution in [-0.2, 0) is 5.60 Å². The number of aliphatic hydroxyl groups is 2. The average molecular weight is 503 g/mol. The summed E-state index contributed by atoms with van der Waals surface area (Å²) in [7, 11) is 0. The van der Waals surface area contributed by atoms with E-state index < -0.39 is 5.60 Å². The minimum atomic E-state index is -1.21. The number of pyridine rings is 1. The van der Waals surface area contributed by atoms with E-state index in [4.69, 9.17) is 9.51 Å². The molecule has 0 radical (unpaired) electrons. The van der Waals surface area contributed by atoms with Crippen LogP contribution in [0.5, 0.6) is 0 Å². The summed E-state index contributed by atoms with van der Waals surface area (Å²) in [5.41, 5.74) is 2.09. The maximum Gasteiger partial charge on any atom is 0.230 e. The molecule has 3 aromatic rings.